The normalized spacial score (nSPS) is 19.2. The van der Waals surface area contributed by atoms with E-state index in [1.165, 1.54) is 29.4 Å². The summed E-state index contributed by atoms with van der Waals surface area (Å²) in [6, 6.07) is 11.8. The van der Waals surface area contributed by atoms with Gasteiger partial charge in [-0.3, -0.25) is 9.88 Å². The van der Waals surface area contributed by atoms with Gasteiger partial charge in [0, 0.05) is 91.2 Å². The molecule has 43 heavy (non-hydrogen) atoms. The highest BCUT2D eigenvalue weighted by Crippen LogP contribution is 2.36. The molecule has 14 heteroatoms. The van der Waals surface area contributed by atoms with E-state index in [4.69, 9.17) is 10.7 Å². The largest absolute Gasteiger partial charge is 0.404 e. The summed E-state index contributed by atoms with van der Waals surface area (Å²) in [5.41, 5.74) is 9.63. The summed E-state index contributed by atoms with van der Waals surface area (Å²) in [6.45, 7) is -0.638. The number of pyridine rings is 3. The number of hydrogen-bond acceptors (Lipinski definition) is 10. The quantitative estimate of drug-likeness (QED) is 0.237. The monoisotopic (exact) mass is 603 g/mol. The Hall–Kier alpha value is -4.74. The second-order valence-electron chi connectivity index (χ2n) is 10.6. The van der Waals surface area contributed by atoms with Crippen molar-refractivity contribution in [2.75, 3.05) is 24.2 Å². The summed E-state index contributed by atoms with van der Waals surface area (Å²) < 4.78 is 50.4. The van der Waals surface area contributed by atoms with Gasteiger partial charge in [0.05, 0.1) is 27.9 Å². The molecule has 4 aromatic rings. The van der Waals surface area contributed by atoms with E-state index in [-0.39, 0.29) is 10.5 Å². The van der Waals surface area contributed by atoms with E-state index in [1.807, 2.05) is 12.1 Å². The maximum Gasteiger partial charge on any atom is 0.331 e. The number of allylic oxidation sites excluding steroid dienone is 1. The minimum atomic E-state index is -3.28. The predicted molar refractivity (Wildman–Crippen MR) is 157 cm³/mol. The van der Waals surface area contributed by atoms with Gasteiger partial charge >= 0.3 is 6.55 Å². The molecule has 0 aliphatic carbocycles. The second kappa shape index (κ2) is 11.2. The van der Waals surface area contributed by atoms with E-state index in [1.54, 1.807) is 30.6 Å². The minimum Gasteiger partial charge on any atom is -0.404 e. The highest BCUT2D eigenvalue weighted by Gasteiger charge is 2.44. The van der Waals surface area contributed by atoms with Gasteiger partial charge in [-0.15, -0.1) is 0 Å². The van der Waals surface area contributed by atoms with Gasteiger partial charge in [0.1, 0.15) is 11.9 Å². The predicted octanol–water partition coefficient (Wildman–Crippen LogP) is 3.12. The Morgan fingerprint density at radius 2 is 1.98 bits per heavy atom. The molecule has 7 rings (SSSR count). The zero-order valence-electron chi connectivity index (χ0n) is 23.0. The first kappa shape index (κ1) is 28.4. The zero-order chi connectivity index (χ0) is 30.3. The molecule has 7 heterocycles. The third-order valence-corrected chi connectivity index (χ3v) is 8.97. The van der Waals surface area contributed by atoms with Crippen molar-refractivity contribution in [1.82, 2.24) is 24.5 Å². The van der Waals surface area contributed by atoms with Gasteiger partial charge in [-0.05, 0) is 36.8 Å². The molecule has 3 saturated heterocycles. The first-order valence-corrected chi connectivity index (χ1v) is 15.3. The van der Waals surface area contributed by atoms with Gasteiger partial charge in [-0.25, -0.2) is 22.9 Å². The number of nitrogens with zero attached hydrogens (tertiary/aromatic N) is 8. The number of anilines is 1. The minimum absolute atomic E-state index is 0.210. The molecule has 0 spiro atoms. The molecule has 2 unspecified atom stereocenters. The number of nitriles is 1. The maximum absolute atomic E-state index is 12.7. The van der Waals surface area contributed by atoms with E-state index in [0.717, 1.165) is 42.8 Å². The molecule has 0 amide bonds. The lowest BCUT2D eigenvalue weighted by Gasteiger charge is -2.56. The average molecular weight is 604 g/mol. The van der Waals surface area contributed by atoms with Gasteiger partial charge in [0.2, 0.25) is 0 Å². The van der Waals surface area contributed by atoms with Crippen LogP contribution in [0.5, 0.6) is 0 Å². The number of alkyl halides is 2. The third kappa shape index (κ3) is 5.56. The van der Waals surface area contributed by atoms with Crippen molar-refractivity contribution >= 4 is 33.0 Å². The number of rotatable bonds is 8. The van der Waals surface area contributed by atoms with E-state index < -0.39 is 16.4 Å². The Morgan fingerprint density at radius 1 is 1.19 bits per heavy atom. The molecule has 2 bridgehead atoms. The highest BCUT2D eigenvalue weighted by atomic mass is 32.2. The average Bonchev–Trinajstić information content (AvgIpc) is 3.43. The summed E-state index contributed by atoms with van der Waals surface area (Å²) >= 11 is 0. The Labute approximate surface area is 246 Å². The molecule has 0 aromatic carbocycles. The molecular formula is C29H27F2N9O2S. The van der Waals surface area contributed by atoms with Crippen LogP contribution >= 0.6 is 0 Å². The molecule has 0 radical (unpaired) electrons. The number of fused-ring (bicyclic) bond motifs is 3. The molecule has 11 nitrogen and oxygen atoms in total. The number of aromatic nitrogens is 4. The smallest absolute Gasteiger partial charge is 0.331 e. The summed E-state index contributed by atoms with van der Waals surface area (Å²) in [7, 11) is -3.28. The van der Waals surface area contributed by atoms with Crippen molar-refractivity contribution < 1.29 is 17.2 Å². The molecule has 3 aliphatic rings. The van der Waals surface area contributed by atoms with Crippen LogP contribution in [0.15, 0.2) is 71.2 Å². The first-order chi connectivity index (χ1) is 20.6. The highest BCUT2D eigenvalue weighted by molar-refractivity contribution is 7.90. The standard InChI is InChI=1S/C29H27F2N9O2S/c1-43(41,42)25-4-3-22(34-13-25)15-39-23-7-24(39)17-38(16-23)27-5-2-18(10-35-27)26-6-19(20(8-32)11-36-29(30)31)14-40-28(26)21(9-33)12-37-40/h2-6,8,10-14,23-24,29H,7,15-17,32H2,1H3. The Bertz CT molecular complexity index is 1870. The van der Waals surface area contributed by atoms with Gasteiger partial charge < -0.3 is 10.6 Å². The van der Waals surface area contributed by atoms with E-state index in [9.17, 15) is 22.5 Å². The lowest BCUT2D eigenvalue weighted by Crippen LogP contribution is -2.68. The van der Waals surface area contributed by atoms with Crippen LogP contribution in [0, 0.1) is 11.3 Å². The molecule has 220 valence electrons. The van der Waals surface area contributed by atoms with Crippen molar-refractivity contribution in [2.24, 2.45) is 10.7 Å². The number of hydrogen-bond donors (Lipinski definition) is 1. The van der Waals surface area contributed by atoms with E-state index in [0.29, 0.717) is 40.8 Å². The number of nitrogens with two attached hydrogens (primary N) is 1. The van der Waals surface area contributed by atoms with Crippen molar-refractivity contribution in [3.05, 3.63) is 78.1 Å². The molecule has 3 aliphatic heterocycles. The van der Waals surface area contributed by atoms with Gasteiger partial charge in [-0.2, -0.15) is 19.1 Å². The molecular weight excluding hydrogens is 576 g/mol. The molecule has 2 atom stereocenters. The van der Waals surface area contributed by atoms with Crippen molar-refractivity contribution in [3.8, 4) is 17.2 Å². The van der Waals surface area contributed by atoms with Crippen molar-refractivity contribution in [1.29, 1.82) is 5.26 Å². The third-order valence-electron chi connectivity index (χ3n) is 7.87. The number of aliphatic imine (C=N–C) groups is 1. The van der Waals surface area contributed by atoms with Crippen LogP contribution in [-0.2, 0) is 16.4 Å². The summed E-state index contributed by atoms with van der Waals surface area (Å²) in [5.74, 6) is 0.821. The second-order valence-corrected chi connectivity index (χ2v) is 12.6. The zero-order valence-corrected chi connectivity index (χ0v) is 23.9. The Kier molecular flexibility index (Phi) is 7.37. The summed E-state index contributed by atoms with van der Waals surface area (Å²) in [4.78, 5) is 17.1. The molecule has 4 aromatic heterocycles. The molecule has 3 fully saturated rings. The Morgan fingerprint density at radius 3 is 2.58 bits per heavy atom. The number of sulfone groups is 1. The van der Waals surface area contributed by atoms with E-state index in [2.05, 4.69) is 30.9 Å². The lowest BCUT2D eigenvalue weighted by molar-refractivity contribution is -0.00969. The fourth-order valence-electron chi connectivity index (χ4n) is 5.71. The SMILES string of the molecule is CS(=O)(=O)c1ccc(CN2C3CC2CN(c2ccc(-c4cc(C(C=NC(F)F)=CN)cn5ncc(C#N)c45)cn2)C3)nc1. The van der Waals surface area contributed by atoms with Gasteiger partial charge in [-0.1, -0.05) is 0 Å². The molecule has 2 N–H and O–H groups in total. The molecule has 0 saturated carbocycles. The number of piperazine rings is 1. The fraction of sp³-hybridized carbons (Fsp3) is 0.276. The topological polar surface area (TPSA) is 146 Å². The van der Waals surface area contributed by atoms with Crippen LogP contribution < -0.4 is 10.6 Å². The van der Waals surface area contributed by atoms with Gasteiger partial charge in [0.15, 0.2) is 9.84 Å². The lowest BCUT2D eigenvalue weighted by atomic mass is 9.87. The summed E-state index contributed by atoms with van der Waals surface area (Å²) in [5, 5.41) is 13.9. The van der Waals surface area contributed by atoms with Crippen molar-refractivity contribution in [2.45, 2.75) is 36.5 Å². The maximum atomic E-state index is 12.7. The van der Waals surface area contributed by atoms with Gasteiger partial charge in [0.25, 0.3) is 0 Å². The summed E-state index contributed by atoms with van der Waals surface area (Å²) in [6.07, 6.45) is 10.6. The van der Waals surface area contributed by atoms with Crippen LogP contribution in [0.4, 0.5) is 14.6 Å². The fourth-order valence-corrected chi connectivity index (χ4v) is 6.27. The van der Waals surface area contributed by atoms with Crippen molar-refractivity contribution in [3.63, 3.8) is 0 Å². The number of piperidine rings is 1. The van der Waals surface area contributed by atoms with Crippen LogP contribution in [0.1, 0.15) is 23.2 Å². The number of halogens is 2. The van der Waals surface area contributed by atoms with Crippen LogP contribution in [0.25, 0.3) is 22.2 Å². The Balaban J connectivity index is 1.21. The first-order valence-electron chi connectivity index (χ1n) is 13.4. The van der Waals surface area contributed by atoms with Crippen LogP contribution in [0.2, 0.25) is 0 Å². The van der Waals surface area contributed by atoms with Crippen LogP contribution in [0.3, 0.4) is 0 Å². The van der Waals surface area contributed by atoms with E-state index >= 15 is 0 Å². The van der Waals surface area contributed by atoms with Crippen LogP contribution in [-0.4, -0.2) is 77.1 Å².